The van der Waals surface area contributed by atoms with Crippen LogP contribution in [0.2, 0.25) is 0 Å². The van der Waals surface area contributed by atoms with Gasteiger partial charge in [-0.15, -0.1) is 22.7 Å². The van der Waals surface area contributed by atoms with Crippen LogP contribution in [0.4, 0.5) is 40.3 Å². The number of benzene rings is 2. The van der Waals surface area contributed by atoms with Gasteiger partial charge in [0.2, 0.25) is 0 Å². The van der Waals surface area contributed by atoms with Gasteiger partial charge in [0, 0.05) is 97.9 Å². The van der Waals surface area contributed by atoms with Gasteiger partial charge in [0.1, 0.15) is 51.5 Å². The summed E-state index contributed by atoms with van der Waals surface area (Å²) in [5.41, 5.74) is 7.84. The van der Waals surface area contributed by atoms with Crippen molar-refractivity contribution in [3.05, 3.63) is 153 Å². The summed E-state index contributed by atoms with van der Waals surface area (Å²) in [6, 6.07) is 24.6. The minimum atomic E-state index is -0.537. The van der Waals surface area contributed by atoms with Crippen molar-refractivity contribution >= 4 is 103 Å². The highest BCUT2D eigenvalue weighted by Crippen LogP contribution is 2.41. The van der Waals surface area contributed by atoms with Gasteiger partial charge >= 0.3 is 19.3 Å². The van der Waals surface area contributed by atoms with Crippen molar-refractivity contribution < 1.29 is 37.2 Å². The largest absolute Gasteiger partial charge is 0.490 e. The molecule has 24 heteroatoms. The molecule has 0 atom stereocenters. The molecule has 9 heterocycles. The quantitative estimate of drug-likeness (QED) is 0.0877. The van der Waals surface area contributed by atoms with Gasteiger partial charge in [0.05, 0.1) is 40.4 Å². The smallest absolute Gasteiger partial charge is 0.444 e. The number of nitriles is 2. The number of anilines is 4. The summed E-state index contributed by atoms with van der Waals surface area (Å²) in [6.45, 7) is 21.6. The van der Waals surface area contributed by atoms with Gasteiger partial charge in [-0.3, -0.25) is 8.80 Å². The fraction of sp³-hybridized carbons (Fsp3) is 0.364. The average Bonchev–Trinajstić information content (AvgIpc) is 1.67. The van der Waals surface area contributed by atoms with Crippen LogP contribution < -0.4 is 9.80 Å². The maximum Gasteiger partial charge on any atom is 0.490 e. The number of fused-ring (bicyclic) bond motifs is 2. The van der Waals surface area contributed by atoms with E-state index >= 15 is 0 Å². The first kappa shape index (κ1) is 66.2. The number of aryl methyl sites for hydroxylation is 1. The second kappa shape index (κ2) is 27.5. The van der Waals surface area contributed by atoms with E-state index in [1.807, 2.05) is 161 Å². The summed E-state index contributed by atoms with van der Waals surface area (Å²) >= 11 is 6.48. The molecule has 90 heavy (non-hydrogen) atoms. The number of hydrogen-bond acceptors (Lipinski definition) is 16. The third-order valence-corrected chi connectivity index (χ3v) is 17.5. The first-order chi connectivity index (χ1) is 42.6. The number of amides is 2. The third kappa shape index (κ3) is 15.8. The van der Waals surface area contributed by atoms with E-state index in [1.165, 1.54) is 53.0 Å². The summed E-state index contributed by atoms with van der Waals surface area (Å²) < 4.78 is 54.5. The Morgan fingerprint density at radius 1 is 0.700 bits per heavy atom. The highest BCUT2D eigenvalue weighted by atomic mass is 79.9. The van der Waals surface area contributed by atoms with Crippen molar-refractivity contribution in [3.8, 4) is 34.7 Å². The molecular weight excluding hydrogens is 1250 g/mol. The lowest BCUT2D eigenvalue weighted by atomic mass is 9.75. The molecule has 0 unspecified atom stereocenters. The number of thiazole rings is 2. The van der Waals surface area contributed by atoms with Gasteiger partial charge < -0.3 is 38.4 Å². The SMILES string of the molecule is CC(C)(C)OC(=O)N1CC=C(B2OC(C)(C)C(C)(C)O2)CC1.CN(c1nc(-c2ccc(F)cc2)cs1)c1c(/C=C/C#N)nc2ccc(C3=CCN(C(=O)OC(C)(C)C)CC3)cn12.CN(c1nc(-c2ccc(F)cc2)cs1)c1c(CCC#N)nc2ccc(Br)cn12. The molecule has 1 fully saturated rings. The predicted molar refractivity (Wildman–Crippen MR) is 355 cm³/mol. The molecule has 2 amide bonds. The predicted octanol–water partition coefficient (Wildman–Crippen LogP) is 15.7. The molecule has 0 radical (unpaired) electrons. The van der Waals surface area contributed by atoms with E-state index in [1.54, 1.807) is 40.1 Å². The second-order valence-corrected chi connectivity index (χ2v) is 27.2. The lowest BCUT2D eigenvalue weighted by molar-refractivity contribution is 0.00578. The van der Waals surface area contributed by atoms with Crippen LogP contribution in [0, 0.1) is 34.3 Å². The highest BCUT2D eigenvalue weighted by Gasteiger charge is 2.52. The number of rotatable bonds is 11. The Morgan fingerprint density at radius 2 is 1.20 bits per heavy atom. The van der Waals surface area contributed by atoms with Crippen molar-refractivity contribution in [2.75, 3.05) is 50.1 Å². The molecule has 1 saturated heterocycles. The fourth-order valence-electron chi connectivity index (χ4n) is 9.89. The Morgan fingerprint density at radius 3 is 1.70 bits per heavy atom. The first-order valence-electron chi connectivity index (χ1n) is 29.3. The first-order valence-corrected chi connectivity index (χ1v) is 31.9. The van der Waals surface area contributed by atoms with Gasteiger partial charge in [-0.25, -0.2) is 38.3 Å². The number of pyridine rings is 2. The monoisotopic (exact) mass is 1320 g/mol. The topological polar surface area (TPSA) is 192 Å². The molecule has 3 aliphatic rings. The van der Waals surface area contributed by atoms with Crippen molar-refractivity contribution in [2.45, 2.75) is 117 Å². The number of nitrogens with zero attached hydrogens (tertiary/aromatic N) is 12. The van der Waals surface area contributed by atoms with Crippen LogP contribution in [0.1, 0.15) is 105 Å². The summed E-state index contributed by atoms with van der Waals surface area (Å²) in [7, 11) is 3.53. The van der Waals surface area contributed by atoms with Gasteiger partial charge in [0.15, 0.2) is 10.3 Å². The van der Waals surface area contributed by atoms with E-state index in [4.69, 9.17) is 49.2 Å². The summed E-state index contributed by atoms with van der Waals surface area (Å²) in [5, 5.41) is 23.6. The molecule has 0 N–H and O–H groups in total. The number of carbonyl (C=O) groups is 2. The molecule has 18 nitrogen and oxygen atoms in total. The van der Waals surface area contributed by atoms with Crippen molar-refractivity contribution in [3.63, 3.8) is 0 Å². The number of halogens is 3. The van der Waals surface area contributed by atoms with E-state index in [9.17, 15) is 18.4 Å². The standard InChI is InChI=1S/C30H29FN6O2S.C20H15BrFN5S.C16H28BNO4/c1-30(2,3)39-29(38)36-16-13-20(14-17-36)22-9-12-26-33-24(6-5-15-32)27(37(26)18-22)35(4)28-34-25(19-40-28)21-7-10-23(31)11-8-21;1-26(20-25-17(12-28-20)13-4-7-15(22)8-5-13)19-16(3-2-10-23)24-18-9-6-14(21)11-27(18)19;1-14(2,3)20-13(19)18-10-8-12(9-11-18)17-21-15(4,5)16(6,7)22-17/h5-13,18-19H,14,16-17H2,1-4H3;4-9,11-12H,2-3H2,1H3;8H,9-11H2,1-7H3/b6-5+;;. The van der Waals surface area contributed by atoms with Gasteiger partial charge in [-0.05, 0) is 193 Å². The Balaban J connectivity index is 0.000000168. The zero-order chi connectivity index (χ0) is 64.9. The average molecular weight is 1320 g/mol. The number of allylic oxidation sites excluding steroid dienone is 1. The minimum absolute atomic E-state index is 0.267. The molecule has 0 bridgehead atoms. The summed E-state index contributed by atoms with van der Waals surface area (Å²) in [6.07, 6.45) is 13.0. The molecule has 8 aromatic rings. The third-order valence-electron chi connectivity index (χ3n) is 15.2. The van der Waals surface area contributed by atoms with Gasteiger partial charge in [-0.2, -0.15) is 10.5 Å². The minimum Gasteiger partial charge on any atom is -0.444 e. The van der Waals surface area contributed by atoms with Gasteiger partial charge in [0.25, 0.3) is 0 Å². The van der Waals surface area contributed by atoms with Crippen LogP contribution in [0.5, 0.6) is 0 Å². The lowest BCUT2D eigenvalue weighted by Crippen LogP contribution is -2.41. The Labute approximate surface area is 540 Å². The summed E-state index contributed by atoms with van der Waals surface area (Å²) in [4.78, 5) is 50.8. The van der Waals surface area contributed by atoms with Crippen LogP contribution in [0.25, 0.3) is 45.5 Å². The van der Waals surface area contributed by atoms with E-state index in [-0.39, 0.29) is 42.1 Å². The fourth-order valence-corrected chi connectivity index (χ4v) is 11.8. The molecule has 11 rings (SSSR count). The van der Waals surface area contributed by atoms with Crippen LogP contribution in [0.15, 0.2) is 124 Å². The van der Waals surface area contributed by atoms with Crippen molar-refractivity contribution in [1.29, 1.82) is 10.5 Å². The normalized spacial score (nSPS) is 15.5. The molecule has 3 aliphatic heterocycles. The molecule has 0 spiro atoms. The number of ether oxygens (including phenoxy) is 2. The second-order valence-electron chi connectivity index (χ2n) is 24.7. The lowest BCUT2D eigenvalue weighted by Gasteiger charge is -2.32. The Bertz CT molecular complexity index is 4080. The van der Waals surface area contributed by atoms with E-state index < -0.39 is 11.2 Å². The van der Waals surface area contributed by atoms with E-state index in [0.717, 1.165) is 88.9 Å². The maximum absolute atomic E-state index is 13.4. The molecule has 0 saturated carbocycles. The van der Waals surface area contributed by atoms with Crippen molar-refractivity contribution in [2.24, 2.45) is 0 Å². The van der Waals surface area contributed by atoms with E-state index in [0.29, 0.717) is 51.1 Å². The molecule has 0 aliphatic carbocycles. The number of aromatic nitrogens is 6. The number of imidazole rings is 2. The zero-order valence-electron chi connectivity index (χ0n) is 52.5. The van der Waals surface area contributed by atoms with E-state index in [2.05, 4.69) is 28.1 Å². The molecular formula is C66H72BBrF2N12O6S2. The zero-order valence-corrected chi connectivity index (χ0v) is 55.8. The Hall–Kier alpha value is -8.26. The van der Waals surface area contributed by atoms with Crippen LogP contribution >= 0.6 is 38.6 Å². The summed E-state index contributed by atoms with van der Waals surface area (Å²) in [5.74, 6) is 1.08. The highest BCUT2D eigenvalue weighted by molar-refractivity contribution is 9.10. The number of carbonyl (C=O) groups excluding carboxylic acids is 2. The van der Waals surface area contributed by atoms with Gasteiger partial charge in [-0.1, -0.05) is 12.2 Å². The van der Waals surface area contributed by atoms with Crippen LogP contribution in [-0.2, 0) is 25.2 Å². The van der Waals surface area contributed by atoms with Crippen LogP contribution in [0.3, 0.4) is 0 Å². The number of hydrogen-bond donors (Lipinski definition) is 0. The molecule has 2 aromatic carbocycles. The Kier molecular flexibility index (Phi) is 20.2. The molecule has 6 aromatic heterocycles. The van der Waals surface area contributed by atoms with Crippen molar-refractivity contribution in [1.82, 2.24) is 38.5 Å². The molecule has 468 valence electrons. The van der Waals surface area contributed by atoms with Crippen LogP contribution in [-0.4, -0.2) is 121 Å². The maximum atomic E-state index is 13.4.